The van der Waals surface area contributed by atoms with E-state index in [2.05, 4.69) is 20.3 Å². The molecule has 0 unspecified atom stereocenters. The van der Waals surface area contributed by atoms with E-state index in [1.165, 1.54) is 12.1 Å². The quantitative estimate of drug-likeness (QED) is 0.596. The lowest BCUT2D eigenvalue weighted by Crippen LogP contribution is -2.48. The predicted octanol–water partition coefficient (Wildman–Crippen LogP) is 1.84. The number of carbonyl (C=O) groups is 2. The average molecular weight is 416 g/mol. The lowest BCUT2D eigenvalue weighted by atomic mass is 10.0. The van der Waals surface area contributed by atoms with Crippen molar-refractivity contribution in [1.82, 2.24) is 15.0 Å². The third kappa shape index (κ3) is 5.80. The fourth-order valence-electron chi connectivity index (χ4n) is 3.64. The van der Waals surface area contributed by atoms with Crippen molar-refractivity contribution in [2.45, 2.75) is 26.8 Å². The standard InChI is InChI=1S/C21H28N4O5/c1-14-19(15(2)30-23-14)13-25-8-6-24(7-9-25)12-16(21(28)29)10-20(27)22-17-4-3-5-18(26)11-17/h3-5,11,16,26H,6-10,12-13H2,1-2H3,(H,22,27)(H,28,29)/t16-/m0/s1. The maximum absolute atomic E-state index is 12.3. The number of hydrogen-bond donors (Lipinski definition) is 3. The number of benzene rings is 1. The molecule has 9 heteroatoms. The first-order valence-corrected chi connectivity index (χ1v) is 10.00. The number of nitrogens with zero attached hydrogens (tertiary/aromatic N) is 3. The molecular weight excluding hydrogens is 388 g/mol. The van der Waals surface area contributed by atoms with E-state index in [4.69, 9.17) is 4.52 Å². The smallest absolute Gasteiger partial charge is 0.308 e. The number of aliphatic carboxylic acids is 1. The summed E-state index contributed by atoms with van der Waals surface area (Å²) in [6.07, 6.45) is -0.121. The van der Waals surface area contributed by atoms with Gasteiger partial charge in [-0.25, -0.2) is 0 Å². The normalized spacial score (nSPS) is 16.3. The van der Waals surface area contributed by atoms with E-state index in [0.717, 1.165) is 49.7 Å². The Hall–Kier alpha value is -2.91. The number of carbonyl (C=O) groups excluding carboxylic acids is 1. The van der Waals surface area contributed by atoms with E-state index in [9.17, 15) is 19.8 Å². The fourth-order valence-corrected chi connectivity index (χ4v) is 3.64. The third-order valence-electron chi connectivity index (χ3n) is 5.42. The molecule has 0 radical (unpaired) electrons. The van der Waals surface area contributed by atoms with Crippen LogP contribution in [0, 0.1) is 19.8 Å². The highest BCUT2D eigenvalue weighted by Crippen LogP contribution is 2.19. The monoisotopic (exact) mass is 416 g/mol. The summed E-state index contributed by atoms with van der Waals surface area (Å²) in [5.74, 6) is -1.30. The summed E-state index contributed by atoms with van der Waals surface area (Å²) in [7, 11) is 0. The van der Waals surface area contributed by atoms with Crippen LogP contribution < -0.4 is 5.32 Å². The van der Waals surface area contributed by atoms with Gasteiger partial charge in [-0.3, -0.25) is 19.4 Å². The van der Waals surface area contributed by atoms with Gasteiger partial charge in [0.15, 0.2) is 0 Å². The van der Waals surface area contributed by atoms with Gasteiger partial charge in [0.2, 0.25) is 5.91 Å². The zero-order valence-electron chi connectivity index (χ0n) is 17.3. The van der Waals surface area contributed by atoms with Crippen molar-refractivity contribution in [3.05, 3.63) is 41.3 Å². The molecule has 2 aromatic rings. The number of rotatable bonds is 8. The van der Waals surface area contributed by atoms with Crippen LogP contribution in [-0.2, 0) is 16.1 Å². The van der Waals surface area contributed by atoms with Gasteiger partial charge < -0.3 is 20.1 Å². The van der Waals surface area contributed by atoms with E-state index in [0.29, 0.717) is 12.2 Å². The fraction of sp³-hybridized carbons (Fsp3) is 0.476. The molecule has 1 amide bonds. The Bertz CT molecular complexity index is 870. The third-order valence-corrected chi connectivity index (χ3v) is 5.42. The first-order valence-electron chi connectivity index (χ1n) is 10.00. The summed E-state index contributed by atoms with van der Waals surface area (Å²) in [4.78, 5) is 28.4. The molecular formula is C21H28N4O5. The molecule has 1 aliphatic heterocycles. The molecule has 0 bridgehead atoms. The molecule has 1 aliphatic rings. The number of amides is 1. The second kappa shape index (κ2) is 9.73. The number of piperazine rings is 1. The van der Waals surface area contributed by atoms with E-state index in [1.807, 2.05) is 13.8 Å². The van der Waals surface area contributed by atoms with Crippen molar-refractivity contribution in [2.75, 3.05) is 38.0 Å². The van der Waals surface area contributed by atoms with Gasteiger partial charge >= 0.3 is 5.97 Å². The summed E-state index contributed by atoms with van der Waals surface area (Å²) in [5, 5.41) is 25.7. The minimum Gasteiger partial charge on any atom is -0.508 e. The van der Waals surface area contributed by atoms with Gasteiger partial charge in [0.1, 0.15) is 11.5 Å². The van der Waals surface area contributed by atoms with Gasteiger partial charge in [0.25, 0.3) is 0 Å². The zero-order valence-corrected chi connectivity index (χ0v) is 17.3. The van der Waals surface area contributed by atoms with Crippen LogP contribution in [0.2, 0.25) is 0 Å². The number of aromatic hydroxyl groups is 1. The molecule has 0 spiro atoms. The molecule has 1 aromatic carbocycles. The molecule has 1 atom stereocenters. The highest BCUT2D eigenvalue weighted by atomic mass is 16.5. The molecule has 162 valence electrons. The second-order valence-corrected chi connectivity index (χ2v) is 7.72. The number of nitrogens with one attached hydrogen (secondary N) is 1. The lowest BCUT2D eigenvalue weighted by Gasteiger charge is -2.35. The summed E-state index contributed by atoms with van der Waals surface area (Å²) in [6, 6.07) is 6.18. The van der Waals surface area contributed by atoms with Gasteiger partial charge in [-0.2, -0.15) is 0 Å². The van der Waals surface area contributed by atoms with Crippen molar-refractivity contribution >= 4 is 17.6 Å². The van der Waals surface area contributed by atoms with E-state index < -0.39 is 11.9 Å². The van der Waals surface area contributed by atoms with Crippen LogP contribution in [0.15, 0.2) is 28.8 Å². The van der Waals surface area contributed by atoms with Crippen molar-refractivity contribution in [1.29, 1.82) is 0 Å². The highest BCUT2D eigenvalue weighted by molar-refractivity contribution is 5.93. The van der Waals surface area contributed by atoms with Crippen LogP contribution in [0.1, 0.15) is 23.4 Å². The van der Waals surface area contributed by atoms with Crippen molar-refractivity contribution in [3.8, 4) is 5.75 Å². The first kappa shape index (κ1) is 21.8. The number of carboxylic acids is 1. The van der Waals surface area contributed by atoms with Crippen LogP contribution >= 0.6 is 0 Å². The number of hydrogen-bond acceptors (Lipinski definition) is 7. The summed E-state index contributed by atoms with van der Waals surface area (Å²) >= 11 is 0. The topological polar surface area (TPSA) is 119 Å². The Labute approximate surface area is 175 Å². The molecule has 3 rings (SSSR count). The SMILES string of the molecule is Cc1noc(C)c1CN1CCN(C[C@H](CC(=O)Nc2cccc(O)c2)C(=O)O)CC1. The number of phenols is 1. The van der Waals surface area contributed by atoms with Crippen molar-refractivity contribution in [2.24, 2.45) is 5.92 Å². The average Bonchev–Trinajstić information content (AvgIpc) is 3.00. The van der Waals surface area contributed by atoms with Crippen LogP contribution in [-0.4, -0.2) is 69.8 Å². The van der Waals surface area contributed by atoms with Gasteiger partial charge in [-0.15, -0.1) is 0 Å². The number of aryl methyl sites for hydroxylation is 2. The maximum Gasteiger partial charge on any atom is 0.308 e. The Kier molecular flexibility index (Phi) is 7.07. The lowest BCUT2D eigenvalue weighted by molar-refractivity contribution is -0.144. The maximum atomic E-state index is 12.3. The summed E-state index contributed by atoms with van der Waals surface area (Å²) in [5.41, 5.74) is 2.45. The Morgan fingerprint density at radius 3 is 2.50 bits per heavy atom. The van der Waals surface area contributed by atoms with Crippen molar-refractivity contribution in [3.63, 3.8) is 0 Å². The van der Waals surface area contributed by atoms with Gasteiger partial charge in [-0.05, 0) is 26.0 Å². The first-order chi connectivity index (χ1) is 14.3. The Balaban J connectivity index is 1.48. The minimum absolute atomic E-state index is 0.0389. The zero-order chi connectivity index (χ0) is 21.7. The second-order valence-electron chi connectivity index (χ2n) is 7.72. The van der Waals surface area contributed by atoms with E-state index in [1.54, 1.807) is 12.1 Å². The van der Waals surface area contributed by atoms with Gasteiger partial charge in [-0.1, -0.05) is 11.2 Å². The predicted molar refractivity (Wildman–Crippen MR) is 110 cm³/mol. The number of carboxylic acid groups (broad SMARTS) is 1. The van der Waals surface area contributed by atoms with Crippen LogP contribution in [0.4, 0.5) is 5.69 Å². The van der Waals surface area contributed by atoms with Crippen LogP contribution in [0.25, 0.3) is 0 Å². The number of phenolic OH excluding ortho intramolecular Hbond substituents is 1. The van der Waals surface area contributed by atoms with Crippen LogP contribution in [0.5, 0.6) is 5.75 Å². The molecule has 9 nitrogen and oxygen atoms in total. The molecule has 0 aliphatic carbocycles. The molecule has 2 heterocycles. The number of anilines is 1. The van der Waals surface area contributed by atoms with Gasteiger partial charge in [0.05, 0.1) is 11.6 Å². The van der Waals surface area contributed by atoms with Gasteiger partial charge in [0, 0.05) is 63.0 Å². The Morgan fingerprint density at radius 1 is 1.20 bits per heavy atom. The van der Waals surface area contributed by atoms with Crippen LogP contribution in [0.3, 0.4) is 0 Å². The number of aromatic nitrogens is 1. The largest absolute Gasteiger partial charge is 0.508 e. The molecule has 3 N–H and O–H groups in total. The summed E-state index contributed by atoms with van der Waals surface area (Å²) < 4.78 is 5.22. The molecule has 1 fully saturated rings. The van der Waals surface area contributed by atoms with Crippen molar-refractivity contribution < 1.29 is 24.3 Å². The minimum atomic E-state index is -0.987. The van der Waals surface area contributed by atoms with E-state index >= 15 is 0 Å². The van der Waals surface area contributed by atoms with E-state index in [-0.39, 0.29) is 18.1 Å². The Morgan fingerprint density at radius 2 is 1.90 bits per heavy atom. The molecule has 0 saturated carbocycles. The summed E-state index contributed by atoms with van der Waals surface area (Å²) in [6.45, 7) is 8.03. The molecule has 1 saturated heterocycles. The highest BCUT2D eigenvalue weighted by Gasteiger charge is 2.27. The molecule has 1 aromatic heterocycles. The molecule has 30 heavy (non-hydrogen) atoms.